The lowest BCUT2D eigenvalue weighted by Gasteiger charge is -2.26. The van der Waals surface area contributed by atoms with Crippen molar-refractivity contribution in [1.29, 1.82) is 0 Å². The molecule has 0 bridgehead atoms. The number of halogens is 2. The molecule has 76 valence electrons. The maximum Gasteiger partial charge on any atom is 0.0551 e. The first-order valence-electron chi connectivity index (χ1n) is 4.93. The highest BCUT2D eigenvalue weighted by atomic mass is 79.9. The predicted octanol–water partition coefficient (Wildman–Crippen LogP) is 3.74. The monoisotopic (exact) mass is 273 g/mol. The van der Waals surface area contributed by atoms with E-state index in [1.54, 1.807) is 0 Å². The Morgan fingerprint density at radius 2 is 2.21 bits per heavy atom. The Morgan fingerprint density at radius 3 is 2.79 bits per heavy atom. The average molecular weight is 275 g/mol. The van der Waals surface area contributed by atoms with Crippen molar-refractivity contribution in [3.8, 4) is 0 Å². The van der Waals surface area contributed by atoms with E-state index in [4.69, 9.17) is 11.6 Å². The first kappa shape index (κ1) is 10.5. The molecular weight excluding hydrogens is 261 g/mol. The molecule has 0 unspecified atom stereocenters. The first-order valence-corrected chi connectivity index (χ1v) is 6.10. The Labute approximate surface area is 98.0 Å². The van der Waals surface area contributed by atoms with Crippen LogP contribution in [0.5, 0.6) is 0 Å². The first-order chi connectivity index (χ1) is 6.75. The fourth-order valence-corrected chi connectivity index (χ4v) is 1.97. The lowest BCUT2D eigenvalue weighted by atomic mass is 9.93. The van der Waals surface area contributed by atoms with Crippen LogP contribution in [0.25, 0.3) is 0 Å². The van der Waals surface area contributed by atoms with Gasteiger partial charge in [-0.25, -0.2) is 0 Å². The molecule has 1 aromatic carbocycles. The number of hydrogen-bond acceptors (Lipinski definition) is 1. The average Bonchev–Trinajstić information content (AvgIpc) is 2.08. The summed E-state index contributed by atoms with van der Waals surface area (Å²) in [6.07, 6.45) is 4.02. The molecule has 0 heterocycles. The SMILES string of the molecule is Clc1cc(CNC2CCC2)ccc1Br. The second kappa shape index (κ2) is 4.65. The van der Waals surface area contributed by atoms with E-state index < -0.39 is 0 Å². The summed E-state index contributed by atoms with van der Waals surface area (Å²) in [4.78, 5) is 0. The molecule has 14 heavy (non-hydrogen) atoms. The Balaban J connectivity index is 1.91. The van der Waals surface area contributed by atoms with Crippen molar-refractivity contribution in [3.63, 3.8) is 0 Å². The molecule has 1 N–H and O–H groups in total. The van der Waals surface area contributed by atoms with Crippen molar-refractivity contribution < 1.29 is 0 Å². The van der Waals surface area contributed by atoms with Crippen LogP contribution in [0.3, 0.4) is 0 Å². The van der Waals surface area contributed by atoms with E-state index in [9.17, 15) is 0 Å². The Morgan fingerprint density at radius 1 is 1.43 bits per heavy atom. The van der Waals surface area contributed by atoms with Gasteiger partial charge in [0.05, 0.1) is 5.02 Å². The molecule has 0 saturated heterocycles. The molecule has 1 fully saturated rings. The number of rotatable bonds is 3. The molecule has 3 heteroatoms. The van der Waals surface area contributed by atoms with Gasteiger partial charge in [-0.1, -0.05) is 24.1 Å². The zero-order valence-corrected chi connectivity index (χ0v) is 10.2. The van der Waals surface area contributed by atoms with Crippen LogP contribution >= 0.6 is 27.5 Å². The van der Waals surface area contributed by atoms with Gasteiger partial charge in [-0.05, 0) is 46.5 Å². The van der Waals surface area contributed by atoms with Gasteiger partial charge in [-0.2, -0.15) is 0 Å². The summed E-state index contributed by atoms with van der Waals surface area (Å²) >= 11 is 9.38. The van der Waals surface area contributed by atoms with Gasteiger partial charge in [0.1, 0.15) is 0 Å². The van der Waals surface area contributed by atoms with Gasteiger partial charge in [-0.15, -0.1) is 0 Å². The third kappa shape index (κ3) is 2.50. The van der Waals surface area contributed by atoms with E-state index in [-0.39, 0.29) is 0 Å². The molecule has 0 spiro atoms. The van der Waals surface area contributed by atoms with E-state index in [1.165, 1.54) is 24.8 Å². The standard InChI is InChI=1S/C11H13BrClN/c12-10-5-4-8(6-11(10)13)7-14-9-2-1-3-9/h4-6,9,14H,1-3,7H2. The molecule has 2 rings (SSSR count). The molecule has 1 aliphatic carbocycles. The normalized spacial score (nSPS) is 16.7. The van der Waals surface area contributed by atoms with Crippen LogP contribution in [0.4, 0.5) is 0 Å². The molecule has 0 aromatic heterocycles. The molecule has 0 atom stereocenters. The minimum Gasteiger partial charge on any atom is -0.310 e. The molecule has 0 amide bonds. The van der Waals surface area contributed by atoms with Crippen molar-refractivity contribution in [1.82, 2.24) is 5.32 Å². The van der Waals surface area contributed by atoms with E-state index in [1.807, 2.05) is 12.1 Å². The third-order valence-electron chi connectivity index (χ3n) is 2.68. The van der Waals surface area contributed by atoms with Crippen LogP contribution < -0.4 is 5.32 Å². The minimum absolute atomic E-state index is 0.734. The predicted molar refractivity (Wildman–Crippen MR) is 63.6 cm³/mol. The van der Waals surface area contributed by atoms with Crippen molar-refractivity contribution in [2.75, 3.05) is 0 Å². The number of hydrogen-bond donors (Lipinski definition) is 1. The van der Waals surface area contributed by atoms with E-state index in [0.29, 0.717) is 0 Å². The van der Waals surface area contributed by atoms with Gasteiger partial charge >= 0.3 is 0 Å². The lowest BCUT2D eigenvalue weighted by molar-refractivity contribution is 0.338. The largest absolute Gasteiger partial charge is 0.310 e. The van der Waals surface area contributed by atoms with Crippen molar-refractivity contribution in [2.45, 2.75) is 31.8 Å². The maximum absolute atomic E-state index is 6.00. The zero-order chi connectivity index (χ0) is 9.97. The Kier molecular flexibility index (Phi) is 3.47. The topological polar surface area (TPSA) is 12.0 Å². The van der Waals surface area contributed by atoms with Gasteiger partial charge < -0.3 is 5.32 Å². The molecule has 1 saturated carbocycles. The Bertz CT molecular complexity index is 323. The van der Waals surface area contributed by atoms with E-state index in [0.717, 1.165) is 22.1 Å². The Hall–Kier alpha value is -0.0500. The quantitative estimate of drug-likeness (QED) is 0.885. The highest BCUT2D eigenvalue weighted by molar-refractivity contribution is 9.10. The van der Waals surface area contributed by atoms with Gasteiger partial charge in [0.15, 0.2) is 0 Å². The van der Waals surface area contributed by atoms with Gasteiger partial charge in [0, 0.05) is 17.1 Å². The third-order valence-corrected chi connectivity index (χ3v) is 3.92. The molecule has 1 aromatic rings. The van der Waals surface area contributed by atoms with Crippen LogP contribution in [0.1, 0.15) is 24.8 Å². The smallest absolute Gasteiger partial charge is 0.0551 e. The van der Waals surface area contributed by atoms with Gasteiger partial charge in [0.25, 0.3) is 0 Å². The second-order valence-corrected chi connectivity index (χ2v) is 5.02. The summed E-state index contributed by atoms with van der Waals surface area (Å²) in [5.41, 5.74) is 1.25. The lowest BCUT2D eigenvalue weighted by Crippen LogP contribution is -2.34. The molecule has 0 aliphatic heterocycles. The van der Waals surface area contributed by atoms with Crippen molar-refractivity contribution >= 4 is 27.5 Å². The second-order valence-electron chi connectivity index (χ2n) is 3.76. The van der Waals surface area contributed by atoms with Crippen LogP contribution in [0.2, 0.25) is 5.02 Å². The highest BCUT2D eigenvalue weighted by Gasteiger charge is 2.15. The molecule has 1 nitrogen and oxygen atoms in total. The van der Waals surface area contributed by atoms with Crippen molar-refractivity contribution in [3.05, 3.63) is 33.3 Å². The summed E-state index contributed by atoms with van der Waals surface area (Å²) in [5, 5.41) is 4.30. The maximum atomic E-state index is 6.00. The molecular formula is C11H13BrClN. The highest BCUT2D eigenvalue weighted by Crippen LogP contribution is 2.24. The summed E-state index contributed by atoms with van der Waals surface area (Å²) in [6, 6.07) is 6.84. The van der Waals surface area contributed by atoms with Crippen LogP contribution in [0.15, 0.2) is 22.7 Å². The van der Waals surface area contributed by atoms with Gasteiger partial charge in [0.2, 0.25) is 0 Å². The van der Waals surface area contributed by atoms with Crippen LogP contribution in [-0.4, -0.2) is 6.04 Å². The summed E-state index contributed by atoms with van der Waals surface area (Å²) in [5.74, 6) is 0. The fraction of sp³-hybridized carbons (Fsp3) is 0.455. The van der Waals surface area contributed by atoms with E-state index >= 15 is 0 Å². The minimum atomic E-state index is 0.734. The summed E-state index contributed by atoms with van der Waals surface area (Å²) in [6.45, 7) is 0.928. The zero-order valence-electron chi connectivity index (χ0n) is 7.89. The van der Waals surface area contributed by atoms with Crippen LogP contribution in [0, 0.1) is 0 Å². The fourth-order valence-electron chi connectivity index (χ4n) is 1.52. The number of nitrogens with one attached hydrogen (secondary N) is 1. The molecule has 0 radical (unpaired) electrons. The van der Waals surface area contributed by atoms with Crippen LogP contribution in [-0.2, 0) is 6.54 Å². The number of benzene rings is 1. The van der Waals surface area contributed by atoms with E-state index in [2.05, 4.69) is 27.3 Å². The van der Waals surface area contributed by atoms with Gasteiger partial charge in [-0.3, -0.25) is 0 Å². The van der Waals surface area contributed by atoms with Crippen molar-refractivity contribution in [2.24, 2.45) is 0 Å². The summed E-state index contributed by atoms with van der Waals surface area (Å²) < 4.78 is 0.964. The molecule has 1 aliphatic rings. The summed E-state index contributed by atoms with van der Waals surface area (Å²) in [7, 11) is 0.